The summed E-state index contributed by atoms with van der Waals surface area (Å²) >= 11 is 0. The molecule has 0 amide bonds. The molecule has 2 rings (SSSR count). The van der Waals surface area contributed by atoms with Crippen molar-refractivity contribution in [3.8, 4) is 0 Å². The Morgan fingerprint density at radius 1 is 0.607 bits per heavy atom. The van der Waals surface area contributed by atoms with E-state index < -0.39 is 8.60 Å². The molecule has 4 heteroatoms. The summed E-state index contributed by atoms with van der Waals surface area (Å²) in [6.07, 6.45) is 12.2. The Hall–Kier alpha value is -1.25. The molecule has 0 atom stereocenters. The Bertz CT molecular complexity index is 564. The summed E-state index contributed by atoms with van der Waals surface area (Å²) in [5, 5.41) is 0. The lowest BCUT2D eigenvalue weighted by atomic mass is 9.87. The van der Waals surface area contributed by atoms with Gasteiger partial charge in [0.05, 0.1) is 6.61 Å². The van der Waals surface area contributed by atoms with Gasteiger partial charge in [0.2, 0.25) is 0 Å². The molecule has 0 fully saturated rings. The number of hydrogen-bond donors (Lipinski definition) is 2. The lowest BCUT2D eigenvalue weighted by molar-refractivity contribution is 0.248. The van der Waals surface area contributed by atoms with Crippen LogP contribution < -0.4 is 0 Å². The lowest BCUT2D eigenvalue weighted by Gasteiger charge is -2.18. The smallest absolute Gasteiger partial charge is 0.327 e. The maximum atomic E-state index is 8.66. The second kappa shape index (κ2) is 14.7. The van der Waals surface area contributed by atoms with E-state index in [1.807, 2.05) is 0 Å². The highest BCUT2D eigenvalue weighted by Crippen LogP contribution is 2.30. The fourth-order valence-corrected chi connectivity index (χ4v) is 4.02. The summed E-state index contributed by atoms with van der Waals surface area (Å²) in [5.74, 6) is 0.503. The van der Waals surface area contributed by atoms with E-state index in [2.05, 4.69) is 60.7 Å². The van der Waals surface area contributed by atoms with Gasteiger partial charge in [0.1, 0.15) is 0 Å². The molecule has 0 aromatic heterocycles. The van der Waals surface area contributed by atoms with Gasteiger partial charge in [0.15, 0.2) is 0 Å². The number of rotatable bonds is 15. The van der Waals surface area contributed by atoms with Crippen LogP contribution in [0.25, 0.3) is 0 Å². The SMILES string of the molecule is OP(O)OCCCCCCCCCCCC(c1ccccc1)c1ccccc1. The van der Waals surface area contributed by atoms with Crippen molar-refractivity contribution >= 4 is 8.60 Å². The average molecular weight is 403 g/mol. The van der Waals surface area contributed by atoms with Gasteiger partial charge in [0, 0.05) is 5.92 Å². The summed E-state index contributed by atoms with van der Waals surface area (Å²) in [6.45, 7) is 0.461. The molecule has 0 bridgehead atoms. The topological polar surface area (TPSA) is 49.7 Å². The van der Waals surface area contributed by atoms with Crippen molar-refractivity contribution in [2.75, 3.05) is 6.61 Å². The quantitative estimate of drug-likeness (QED) is 0.250. The minimum absolute atomic E-state index is 0.461. The minimum atomic E-state index is -2.17. The first-order chi connectivity index (χ1) is 13.8. The van der Waals surface area contributed by atoms with Crippen molar-refractivity contribution in [3.05, 3.63) is 71.8 Å². The van der Waals surface area contributed by atoms with Crippen LogP contribution in [0.3, 0.4) is 0 Å². The van der Waals surface area contributed by atoms with Crippen molar-refractivity contribution in [2.24, 2.45) is 0 Å². The highest BCUT2D eigenvalue weighted by Gasteiger charge is 2.13. The van der Waals surface area contributed by atoms with Crippen LogP contribution in [0.2, 0.25) is 0 Å². The molecule has 2 aromatic carbocycles. The van der Waals surface area contributed by atoms with Crippen LogP contribution in [-0.4, -0.2) is 16.4 Å². The second-order valence-electron chi connectivity index (χ2n) is 7.43. The molecule has 0 saturated carbocycles. The normalized spacial score (nSPS) is 11.4. The Labute approximate surface area is 171 Å². The van der Waals surface area contributed by atoms with Gasteiger partial charge in [-0.05, 0) is 24.0 Å². The number of hydrogen-bond acceptors (Lipinski definition) is 3. The third-order valence-corrected chi connectivity index (χ3v) is 5.66. The first-order valence-corrected chi connectivity index (χ1v) is 11.8. The van der Waals surface area contributed by atoms with Crippen molar-refractivity contribution in [1.29, 1.82) is 0 Å². The Kier molecular flexibility index (Phi) is 12.1. The zero-order chi connectivity index (χ0) is 19.9. The molecule has 3 nitrogen and oxygen atoms in total. The predicted molar refractivity (Wildman–Crippen MR) is 118 cm³/mol. The van der Waals surface area contributed by atoms with Crippen molar-refractivity contribution in [1.82, 2.24) is 0 Å². The third kappa shape index (κ3) is 9.80. The van der Waals surface area contributed by atoms with Crippen LogP contribution in [0.5, 0.6) is 0 Å². The Morgan fingerprint density at radius 2 is 1.04 bits per heavy atom. The van der Waals surface area contributed by atoms with E-state index in [4.69, 9.17) is 14.3 Å². The average Bonchev–Trinajstić information content (AvgIpc) is 2.72. The highest BCUT2D eigenvalue weighted by molar-refractivity contribution is 7.39. The summed E-state index contributed by atoms with van der Waals surface area (Å²) in [6, 6.07) is 21.8. The monoisotopic (exact) mass is 402 g/mol. The number of benzene rings is 2. The molecule has 0 heterocycles. The van der Waals surface area contributed by atoms with Crippen LogP contribution in [0, 0.1) is 0 Å². The predicted octanol–water partition coefficient (Wildman–Crippen LogP) is 6.95. The van der Waals surface area contributed by atoms with Gasteiger partial charge in [-0.15, -0.1) is 0 Å². The molecule has 0 aliphatic rings. The molecular formula is C24H35O3P. The van der Waals surface area contributed by atoms with Crippen LogP contribution in [0.15, 0.2) is 60.7 Å². The zero-order valence-corrected chi connectivity index (χ0v) is 17.8. The number of unbranched alkanes of at least 4 members (excludes halogenated alkanes) is 8. The molecule has 28 heavy (non-hydrogen) atoms. The van der Waals surface area contributed by atoms with Gasteiger partial charge in [-0.3, -0.25) is 0 Å². The standard InChI is InChI=1S/C24H35O3P/c25-28(26)27-21-15-7-5-3-1-2-4-6-14-20-24(22-16-10-8-11-17-22)23-18-12-9-13-19-23/h8-13,16-19,24-26H,1-7,14-15,20-21H2. The first-order valence-electron chi connectivity index (χ1n) is 10.7. The van der Waals surface area contributed by atoms with Crippen LogP contribution in [0.4, 0.5) is 0 Å². The molecule has 154 valence electrons. The largest absolute Gasteiger partial charge is 0.328 e. The van der Waals surface area contributed by atoms with Gasteiger partial charge in [0.25, 0.3) is 0 Å². The van der Waals surface area contributed by atoms with Gasteiger partial charge >= 0.3 is 8.60 Å². The first kappa shape index (κ1) is 23.0. The summed E-state index contributed by atoms with van der Waals surface area (Å²) in [4.78, 5) is 17.3. The van der Waals surface area contributed by atoms with Gasteiger partial charge in [-0.25, -0.2) is 0 Å². The minimum Gasteiger partial charge on any atom is -0.328 e. The van der Waals surface area contributed by atoms with E-state index >= 15 is 0 Å². The van der Waals surface area contributed by atoms with E-state index in [1.54, 1.807) is 0 Å². The van der Waals surface area contributed by atoms with E-state index in [-0.39, 0.29) is 0 Å². The Balaban J connectivity index is 1.57. The van der Waals surface area contributed by atoms with Crippen molar-refractivity contribution < 1.29 is 14.3 Å². The molecule has 0 aliphatic heterocycles. The summed E-state index contributed by atoms with van der Waals surface area (Å²) in [7, 11) is -2.17. The summed E-state index contributed by atoms with van der Waals surface area (Å²) < 4.78 is 4.77. The van der Waals surface area contributed by atoms with Gasteiger partial charge in [-0.2, -0.15) is 0 Å². The fraction of sp³-hybridized carbons (Fsp3) is 0.500. The van der Waals surface area contributed by atoms with E-state index in [9.17, 15) is 0 Å². The maximum absolute atomic E-state index is 8.66. The van der Waals surface area contributed by atoms with E-state index in [0.717, 1.165) is 12.8 Å². The lowest BCUT2D eigenvalue weighted by Crippen LogP contribution is -2.01. The molecule has 0 saturated heterocycles. The molecular weight excluding hydrogens is 367 g/mol. The van der Waals surface area contributed by atoms with E-state index in [0.29, 0.717) is 12.5 Å². The molecule has 0 radical (unpaired) electrons. The zero-order valence-electron chi connectivity index (χ0n) is 16.9. The molecule has 0 unspecified atom stereocenters. The molecule has 2 aromatic rings. The highest BCUT2D eigenvalue weighted by atomic mass is 31.2. The second-order valence-corrected chi connectivity index (χ2v) is 8.19. The fourth-order valence-electron chi connectivity index (χ4n) is 3.73. The maximum Gasteiger partial charge on any atom is 0.327 e. The Morgan fingerprint density at radius 3 is 1.50 bits per heavy atom. The molecule has 0 aliphatic carbocycles. The van der Waals surface area contributed by atoms with Crippen LogP contribution in [-0.2, 0) is 4.52 Å². The van der Waals surface area contributed by atoms with Crippen molar-refractivity contribution in [2.45, 2.75) is 70.1 Å². The van der Waals surface area contributed by atoms with Gasteiger partial charge < -0.3 is 14.3 Å². The molecule has 2 N–H and O–H groups in total. The third-order valence-electron chi connectivity index (χ3n) is 5.25. The van der Waals surface area contributed by atoms with E-state index in [1.165, 1.54) is 62.5 Å². The van der Waals surface area contributed by atoms with Crippen LogP contribution >= 0.6 is 8.60 Å². The molecule has 0 spiro atoms. The van der Waals surface area contributed by atoms with Crippen LogP contribution in [0.1, 0.15) is 81.3 Å². The summed E-state index contributed by atoms with van der Waals surface area (Å²) in [5.41, 5.74) is 2.85. The van der Waals surface area contributed by atoms with Gasteiger partial charge in [-0.1, -0.05) is 112 Å². The van der Waals surface area contributed by atoms with Crippen molar-refractivity contribution in [3.63, 3.8) is 0 Å².